The van der Waals surface area contributed by atoms with Crippen LogP contribution in [0.15, 0.2) is 48.9 Å². The Balaban J connectivity index is 1.48. The lowest BCUT2D eigenvalue weighted by molar-refractivity contribution is 0.166. The van der Waals surface area contributed by atoms with Gasteiger partial charge < -0.3 is 20.1 Å². The summed E-state index contributed by atoms with van der Waals surface area (Å²) in [7, 11) is 1.64. The molecule has 0 aliphatic carbocycles. The molecule has 0 radical (unpaired) electrons. The topological polar surface area (TPSA) is 105 Å². The van der Waals surface area contributed by atoms with E-state index in [2.05, 4.69) is 31.7 Å². The van der Waals surface area contributed by atoms with Crippen molar-refractivity contribution in [2.75, 3.05) is 25.5 Å². The van der Waals surface area contributed by atoms with Crippen LogP contribution in [-0.4, -0.2) is 41.3 Å². The molecule has 8 nitrogen and oxygen atoms in total. The summed E-state index contributed by atoms with van der Waals surface area (Å²) in [4.78, 5) is 13.0. The van der Waals surface area contributed by atoms with Gasteiger partial charge in [-0.15, -0.1) is 0 Å². The van der Waals surface area contributed by atoms with Gasteiger partial charge in [0.2, 0.25) is 5.95 Å². The van der Waals surface area contributed by atoms with Gasteiger partial charge in [0.25, 0.3) is 0 Å². The molecule has 1 aromatic carbocycles. The van der Waals surface area contributed by atoms with E-state index >= 15 is 0 Å². The number of nitrogens with one attached hydrogen (secondary N) is 2. The highest BCUT2D eigenvalue weighted by molar-refractivity contribution is 5.64. The van der Waals surface area contributed by atoms with Crippen molar-refractivity contribution in [3.63, 3.8) is 0 Å². The first kappa shape index (κ1) is 19.6. The van der Waals surface area contributed by atoms with Crippen molar-refractivity contribution in [3.05, 3.63) is 54.6 Å². The van der Waals surface area contributed by atoms with E-state index in [0.717, 1.165) is 42.8 Å². The lowest BCUT2D eigenvalue weighted by atomic mass is 10.1. The minimum atomic E-state index is 0.0305. The number of hydrogen-bond acceptors (Lipinski definition) is 8. The van der Waals surface area contributed by atoms with Gasteiger partial charge in [-0.3, -0.25) is 0 Å². The summed E-state index contributed by atoms with van der Waals surface area (Å²) in [5.74, 6) is 1.70. The first-order chi connectivity index (χ1) is 14.7. The quantitative estimate of drug-likeness (QED) is 0.647. The summed E-state index contributed by atoms with van der Waals surface area (Å²) < 4.78 is 11.2. The Morgan fingerprint density at radius 3 is 2.57 bits per heavy atom. The predicted molar refractivity (Wildman–Crippen MR) is 113 cm³/mol. The molecule has 0 saturated carbocycles. The Kier molecular flexibility index (Phi) is 6.01. The Hall–Kier alpha value is -3.70. The third-order valence-corrected chi connectivity index (χ3v) is 4.84. The molecular formula is C22H22N6O2. The molecule has 152 valence electrons. The van der Waals surface area contributed by atoms with Crippen LogP contribution in [0.4, 0.5) is 11.6 Å². The van der Waals surface area contributed by atoms with Crippen molar-refractivity contribution in [1.82, 2.24) is 20.3 Å². The second-order valence-electron chi connectivity index (χ2n) is 6.92. The average Bonchev–Trinajstić information content (AvgIpc) is 2.81. The highest BCUT2D eigenvalue weighted by Gasteiger charge is 2.17. The summed E-state index contributed by atoms with van der Waals surface area (Å²) in [6.07, 6.45) is 7.10. The fraction of sp³-hybridized carbons (Fsp3) is 0.273. The molecule has 1 fully saturated rings. The van der Waals surface area contributed by atoms with E-state index < -0.39 is 0 Å². The molecule has 1 aliphatic rings. The monoisotopic (exact) mass is 402 g/mol. The minimum Gasteiger partial charge on any atom is -0.497 e. The first-order valence-electron chi connectivity index (χ1n) is 9.76. The van der Waals surface area contributed by atoms with Crippen LogP contribution in [0.3, 0.4) is 0 Å². The SMILES string of the molecule is COc1ccc(-c2cnc(Nc3cnc(C#N)c(OC4CCCNC4)c3)nc2)cc1. The zero-order chi connectivity index (χ0) is 20.8. The fourth-order valence-corrected chi connectivity index (χ4v) is 3.24. The number of benzene rings is 1. The molecule has 3 aromatic rings. The smallest absolute Gasteiger partial charge is 0.227 e. The van der Waals surface area contributed by atoms with Gasteiger partial charge in [-0.05, 0) is 37.1 Å². The highest BCUT2D eigenvalue weighted by atomic mass is 16.5. The molecule has 1 atom stereocenters. The molecule has 3 heterocycles. The maximum atomic E-state index is 9.34. The number of methoxy groups -OCH3 is 1. The van der Waals surface area contributed by atoms with Gasteiger partial charge in [0.1, 0.15) is 17.9 Å². The van der Waals surface area contributed by atoms with Gasteiger partial charge in [0, 0.05) is 30.6 Å². The summed E-state index contributed by atoms with van der Waals surface area (Å²) >= 11 is 0. The van der Waals surface area contributed by atoms with E-state index in [1.54, 1.807) is 31.8 Å². The maximum Gasteiger partial charge on any atom is 0.227 e. The number of rotatable bonds is 6. The number of piperidine rings is 1. The minimum absolute atomic E-state index is 0.0305. The van der Waals surface area contributed by atoms with Gasteiger partial charge in [-0.2, -0.15) is 5.26 Å². The Bertz CT molecular complexity index is 1020. The van der Waals surface area contributed by atoms with Gasteiger partial charge in [0.05, 0.1) is 19.0 Å². The highest BCUT2D eigenvalue weighted by Crippen LogP contribution is 2.25. The van der Waals surface area contributed by atoms with Crippen LogP contribution in [0.5, 0.6) is 11.5 Å². The van der Waals surface area contributed by atoms with Crippen molar-refractivity contribution in [2.45, 2.75) is 18.9 Å². The number of ether oxygens (including phenoxy) is 2. The number of hydrogen-bond donors (Lipinski definition) is 2. The zero-order valence-corrected chi connectivity index (χ0v) is 16.6. The van der Waals surface area contributed by atoms with Crippen LogP contribution in [0.2, 0.25) is 0 Å². The van der Waals surface area contributed by atoms with Crippen molar-refractivity contribution < 1.29 is 9.47 Å². The van der Waals surface area contributed by atoms with Gasteiger partial charge in [0.15, 0.2) is 11.4 Å². The molecule has 1 unspecified atom stereocenters. The lowest BCUT2D eigenvalue weighted by Crippen LogP contribution is -2.37. The molecule has 1 aliphatic heterocycles. The van der Waals surface area contributed by atoms with Gasteiger partial charge >= 0.3 is 0 Å². The van der Waals surface area contributed by atoms with Gasteiger partial charge in [-0.1, -0.05) is 12.1 Å². The second kappa shape index (κ2) is 9.20. The summed E-state index contributed by atoms with van der Waals surface area (Å²) in [5.41, 5.74) is 2.82. The largest absolute Gasteiger partial charge is 0.497 e. The molecule has 8 heteroatoms. The van der Waals surface area contributed by atoms with E-state index in [9.17, 15) is 5.26 Å². The van der Waals surface area contributed by atoms with E-state index in [4.69, 9.17) is 9.47 Å². The molecule has 1 saturated heterocycles. The first-order valence-corrected chi connectivity index (χ1v) is 9.76. The normalized spacial score (nSPS) is 15.8. The molecule has 2 N–H and O–H groups in total. The number of anilines is 2. The zero-order valence-electron chi connectivity index (χ0n) is 16.6. The van der Waals surface area contributed by atoms with E-state index in [1.165, 1.54) is 0 Å². The third kappa shape index (κ3) is 4.64. The van der Waals surface area contributed by atoms with E-state index in [1.807, 2.05) is 24.3 Å². The van der Waals surface area contributed by atoms with Crippen molar-refractivity contribution >= 4 is 11.6 Å². The number of nitrogens with zero attached hydrogens (tertiary/aromatic N) is 4. The van der Waals surface area contributed by atoms with Crippen LogP contribution in [0.1, 0.15) is 18.5 Å². The van der Waals surface area contributed by atoms with E-state index in [0.29, 0.717) is 17.4 Å². The van der Waals surface area contributed by atoms with Crippen LogP contribution >= 0.6 is 0 Å². The second-order valence-corrected chi connectivity index (χ2v) is 6.92. The summed E-state index contributed by atoms with van der Waals surface area (Å²) in [5, 5.41) is 15.8. The van der Waals surface area contributed by atoms with Crippen LogP contribution in [-0.2, 0) is 0 Å². The van der Waals surface area contributed by atoms with Crippen LogP contribution in [0, 0.1) is 11.3 Å². The maximum absolute atomic E-state index is 9.34. The standard InChI is InChI=1S/C22H22N6O2/c1-29-18-6-4-15(5-7-18)16-11-26-22(27-12-16)28-17-9-21(20(10-23)25-13-17)30-19-3-2-8-24-14-19/h4-7,9,11-13,19,24H,2-3,8,14H2,1H3,(H,26,27,28). The molecule has 30 heavy (non-hydrogen) atoms. The Morgan fingerprint density at radius 1 is 1.10 bits per heavy atom. The lowest BCUT2D eigenvalue weighted by Gasteiger charge is -2.24. The molecule has 2 aromatic heterocycles. The molecule has 0 amide bonds. The third-order valence-electron chi connectivity index (χ3n) is 4.84. The summed E-state index contributed by atoms with van der Waals surface area (Å²) in [6.45, 7) is 1.76. The van der Waals surface area contributed by atoms with Crippen molar-refractivity contribution in [1.29, 1.82) is 5.26 Å². The molecule has 0 bridgehead atoms. The number of aromatic nitrogens is 3. The van der Waals surface area contributed by atoms with Crippen LogP contribution in [0.25, 0.3) is 11.1 Å². The van der Waals surface area contributed by atoms with Crippen molar-refractivity contribution in [2.24, 2.45) is 0 Å². The summed E-state index contributed by atoms with van der Waals surface area (Å²) in [6, 6.07) is 11.6. The Morgan fingerprint density at radius 2 is 1.90 bits per heavy atom. The predicted octanol–water partition coefficient (Wildman–Crippen LogP) is 3.29. The average molecular weight is 402 g/mol. The Labute approximate surface area is 174 Å². The van der Waals surface area contributed by atoms with Gasteiger partial charge in [-0.25, -0.2) is 15.0 Å². The van der Waals surface area contributed by atoms with Crippen molar-refractivity contribution in [3.8, 4) is 28.7 Å². The number of pyridine rings is 1. The molecule has 0 spiro atoms. The molecule has 4 rings (SSSR count). The number of nitriles is 1. The fourth-order valence-electron chi connectivity index (χ4n) is 3.24. The van der Waals surface area contributed by atoms with Crippen LogP contribution < -0.4 is 20.1 Å². The van der Waals surface area contributed by atoms with E-state index in [-0.39, 0.29) is 11.8 Å². The molecular weight excluding hydrogens is 380 g/mol.